The van der Waals surface area contributed by atoms with Crippen LogP contribution in [0.4, 0.5) is 5.69 Å². The van der Waals surface area contributed by atoms with Gasteiger partial charge in [0.2, 0.25) is 5.91 Å². The molecule has 19 heavy (non-hydrogen) atoms. The first-order chi connectivity index (χ1) is 9.02. The molecule has 0 unspecified atom stereocenters. The molecule has 1 aromatic rings. The van der Waals surface area contributed by atoms with Crippen molar-refractivity contribution in [1.82, 2.24) is 20.4 Å². The maximum absolute atomic E-state index is 12.0. The molecule has 0 saturated heterocycles. The monoisotopic (exact) mass is 265 g/mol. The number of anilines is 1. The number of amides is 2. The van der Waals surface area contributed by atoms with Crippen LogP contribution in [-0.2, 0) is 18.3 Å². The van der Waals surface area contributed by atoms with Crippen molar-refractivity contribution < 1.29 is 9.59 Å². The zero-order chi connectivity index (χ0) is 14.0. The SMILES string of the molecule is CCc1nn(C)c(C(=O)NCC(=O)NC2CC2)c1N. The number of carbonyl (C=O) groups is 2. The summed E-state index contributed by atoms with van der Waals surface area (Å²) < 4.78 is 1.45. The topological polar surface area (TPSA) is 102 Å². The Labute approximate surface area is 111 Å². The van der Waals surface area contributed by atoms with Gasteiger partial charge < -0.3 is 16.4 Å². The zero-order valence-electron chi connectivity index (χ0n) is 11.2. The highest BCUT2D eigenvalue weighted by atomic mass is 16.2. The van der Waals surface area contributed by atoms with Crippen molar-refractivity contribution in [2.45, 2.75) is 32.2 Å². The fraction of sp³-hybridized carbons (Fsp3) is 0.583. The van der Waals surface area contributed by atoms with E-state index in [9.17, 15) is 9.59 Å². The number of aryl methyl sites for hydroxylation is 2. The molecular formula is C12H19N5O2. The van der Waals surface area contributed by atoms with Gasteiger partial charge in [-0.15, -0.1) is 0 Å². The average Bonchev–Trinajstić information content (AvgIpc) is 3.12. The Bertz CT molecular complexity index is 504. The number of carbonyl (C=O) groups excluding carboxylic acids is 2. The summed E-state index contributed by atoms with van der Waals surface area (Å²) in [6.07, 6.45) is 2.71. The highest BCUT2D eigenvalue weighted by molar-refractivity contribution is 5.99. The van der Waals surface area contributed by atoms with Crippen LogP contribution in [0.5, 0.6) is 0 Å². The summed E-state index contributed by atoms with van der Waals surface area (Å²) in [6, 6.07) is 0.290. The van der Waals surface area contributed by atoms with E-state index in [1.54, 1.807) is 7.05 Å². The van der Waals surface area contributed by atoms with E-state index in [4.69, 9.17) is 5.73 Å². The third-order valence-corrected chi connectivity index (χ3v) is 3.06. The second-order valence-electron chi connectivity index (χ2n) is 4.71. The molecule has 0 spiro atoms. The van der Waals surface area contributed by atoms with Gasteiger partial charge in [0, 0.05) is 13.1 Å². The molecular weight excluding hydrogens is 246 g/mol. The van der Waals surface area contributed by atoms with Gasteiger partial charge in [-0.1, -0.05) is 6.92 Å². The van der Waals surface area contributed by atoms with Gasteiger partial charge in [-0.2, -0.15) is 5.10 Å². The van der Waals surface area contributed by atoms with E-state index in [0.717, 1.165) is 12.8 Å². The molecule has 0 aromatic carbocycles. The highest BCUT2D eigenvalue weighted by Gasteiger charge is 2.24. The normalized spacial score (nSPS) is 14.2. The number of nitrogens with one attached hydrogen (secondary N) is 2. The molecule has 1 fully saturated rings. The van der Waals surface area contributed by atoms with E-state index < -0.39 is 0 Å². The summed E-state index contributed by atoms with van der Waals surface area (Å²) in [7, 11) is 1.66. The van der Waals surface area contributed by atoms with Gasteiger partial charge >= 0.3 is 0 Å². The molecule has 1 saturated carbocycles. The minimum Gasteiger partial charge on any atom is -0.395 e. The smallest absolute Gasteiger partial charge is 0.272 e. The molecule has 1 aliphatic rings. The molecule has 7 heteroatoms. The Hall–Kier alpha value is -2.05. The summed E-state index contributed by atoms with van der Waals surface area (Å²) >= 11 is 0. The average molecular weight is 265 g/mol. The molecule has 7 nitrogen and oxygen atoms in total. The molecule has 1 aliphatic carbocycles. The van der Waals surface area contributed by atoms with Crippen LogP contribution in [0, 0.1) is 0 Å². The van der Waals surface area contributed by atoms with Crippen LogP contribution in [0.1, 0.15) is 35.9 Å². The van der Waals surface area contributed by atoms with E-state index in [1.807, 2.05) is 6.92 Å². The molecule has 0 radical (unpaired) electrons. The van der Waals surface area contributed by atoms with Gasteiger partial charge in [0.05, 0.1) is 17.9 Å². The lowest BCUT2D eigenvalue weighted by molar-refractivity contribution is -0.120. The van der Waals surface area contributed by atoms with Crippen molar-refractivity contribution in [3.63, 3.8) is 0 Å². The van der Waals surface area contributed by atoms with E-state index >= 15 is 0 Å². The number of aromatic nitrogens is 2. The first kappa shape index (κ1) is 13.4. The van der Waals surface area contributed by atoms with Crippen LogP contribution in [-0.4, -0.2) is 34.2 Å². The summed E-state index contributed by atoms with van der Waals surface area (Å²) in [5.74, 6) is -0.551. The van der Waals surface area contributed by atoms with Crippen LogP contribution in [0.25, 0.3) is 0 Å². The molecule has 4 N–H and O–H groups in total. The predicted molar refractivity (Wildman–Crippen MR) is 70.5 cm³/mol. The first-order valence-electron chi connectivity index (χ1n) is 6.41. The lowest BCUT2D eigenvalue weighted by atomic mass is 10.2. The van der Waals surface area contributed by atoms with E-state index in [1.165, 1.54) is 4.68 Å². The lowest BCUT2D eigenvalue weighted by Crippen LogP contribution is -2.38. The van der Waals surface area contributed by atoms with Crippen LogP contribution in [0.2, 0.25) is 0 Å². The number of nitrogen functional groups attached to an aromatic ring is 1. The van der Waals surface area contributed by atoms with Crippen LogP contribution < -0.4 is 16.4 Å². The van der Waals surface area contributed by atoms with Crippen LogP contribution >= 0.6 is 0 Å². The van der Waals surface area contributed by atoms with E-state index in [2.05, 4.69) is 15.7 Å². The second-order valence-corrected chi connectivity index (χ2v) is 4.71. The van der Waals surface area contributed by atoms with Crippen LogP contribution in [0.15, 0.2) is 0 Å². The van der Waals surface area contributed by atoms with Gasteiger partial charge in [-0.25, -0.2) is 0 Å². The largest absolute Gasteiger partial charge is 0.395 e. The summed E-state index contributed by atoms with van der Waals surface area (Å²) in [4.78, 5) is 23.5. The highest BCUT2D eigenvalue weighted by Crippen LogP contribution is 2.18. The van der Waals surface area contributed by atoms with Crippen molar-refractivity contribution in [3.8, 4) is 0 Å². The fourth-order valence-electron chi connectivity index (χ4n) is 1.88. The Morgan fingerprint density at radius 2 is 2.16 bits per heavy atom. The van der Waals surface area contributed by atoms with Gasteiger partial charge in [0.25, 0.3) is 5.91 Å². The molecule has 0 atom stereocenters. The minimum atomic E-state index is -0.377. The molecule has 1 heterocycles. The van der Waals surface area contributed by atoms with Crippen molar-refractivity contribution in [2.75, 3.05) is 12.3 Å². The van der Waals surface area contributed by atoms with Gasteiger partial charge in [0.15, 0.2) is 0 Å². The van der Waals surface area contributed by atoms with Crippen LogP contribution in [0.3, 0.4) is 0 Å². The number of rotatable bonds is 5. The van der Waals surface area contributed by atoms with E-state index in [0.29, 0.717) is 23.5 Å². The number of nitrogens with zero attached hydrogens (tertiary/aromatic N) is 2. The van der Waals surface area contributed by atoms with Crippen molar-refractivity contribution in [1.29, 1.82) is 0 Å². The molecule has 0 aliphatic heterocycles. The Kier molecular flexibility index (Phi) is 3.73. The van der Waals surface area contributed by atoms with Gasteiger partial charge in [0.1, 0.15) is 5.69 Å². The van der Waals surface area contributed by atoms with Gasteiger partial charge in [-0.05, 0) is 19.3 Å². The van der Waals surface area contributed by atoms with Crippen molar-refractivity contribution >= 4 is 17.5 Å². The van der Waals surface area contributed by atoms with Gasteiger partial charge in [-0.3, -0.25) is 14.3 Å². The minimum absolute atomic E-state index is 0.0403. The van der Waals surface area contributed by atoms with E-state index in [-0.39, 0.29) is 24.4 Å². The molecule has 1 aromatic heterocycles. The predicted octanol–water partition coefficient (Wildman–Crippen LogP) is -0.427. The Morgan fingerprint density at radius 3 is 2.68 bits per heavy atom. The third kappa shape index (κ3) is 3.04. The maximum Gasteiger partial charge on any atom is 0.272 e. The Balaban J connectivity index is 1.95. The molecule has 0 bridgehead atoms. The number of nitrogens with two attached hydrogens (primary N) is 1. The molecule has 2 amide bonds. The fourth-order valence-corrected chi connectivity index (χ4v) is 1.88. The standard InChI is InChI=1S/C12H19N5O2/c1-3-8-10(13)11(17(2)16-8)12(19)14-6-9(18)15-7-4-5-7/h7H,3-6,13H2,1-2H3,(H,14,19)(H,15,18). The maximum atomic E-state index is 12.0. The number of hydrogen-bond acceptors (Lipinski definition) is 4. The molecule has 2 rings (SSSR count). The summed E-state index contributed by atoms with van der Waals surface area (Å²) in [6.45, 7) is 1.88. The zero-order valence-corrected chi connectivity index (χ0v) is 11.2. The number of hydrogen-bond donors (Lipinski definition) is 3. The van der Waals surface area contributed by atoms with Crippen molar-refractivity contribution in [2.24, 2.45) is 7.05 Å². The first-order valence-corrected chi connectivity index (χ1v) is 6.41. The summed E-state index contributed by atoms with van der Waals surface area (Å²) in [5.41, 5.74) is 7.24. The van der Waals surface area contributed by atoms with Crippen molar-refractivity contribution in [3.05, 3.63) is 11.4 Å². The quantitative estimate of drug-likeness (QED) is 0.672. The Morgan fingerprint density at radius 1 is 1.47 bits per heavy atom. The summed E-state index contributed by atoms with van der Waals surface area (Å²) in [5, 5.41) is 9.52. The molecule has 104 valence electrons. The second kappa shape index (κ2) is 5.29. The third-order valence-electron chi connectivity index (χ3n) is 3.06. The lowest BCUT2D eigenvalue weighted by Gasteiger charge is -2.06.